The topological polar surface area (TPSA) is 61.7 Å². The first-order valence-electron chi connectivity index (χ1n) is 22.7. The Kier molecular flexibility index (Phi) is 7.40. The molecule has 0 aliphatic carbocycles. The molecule has 0 radical (unpaired) electrons. The van der Waals surface area contributed by atoms with Gasteiger partial charge in [0.1, 0.15) is 11.2 Å². The molecule has 0 N–H and O–H groups in total. The van der Waals surface area contributed by atoms with Crippen LogP contribution in [0.1, 0.15) is 0 Å². The molecule has 4 heterocycles. The van der Waals surface area contributed by atoms with Crippen LogP contribution in [0.25, 0.3) is 143 Å². The SMILES string of the molecule is c1ccc2cc3c(cc2c1)c1c2ccccc2ccc1n3-c1c(-c2nc(-c3cccc4ccccc34)nc(-n3c4ccccc4c4ccccc43)n2)ccc2oc3c4ccccc4ccc3c12. The normalized spacial score (nSPS) is 12.2. The molecule has 0 bridgehead atoms. The van der Waals surface area contributed by atoms with Crippen molar-refractivity contribution >= 4 is 109 Å². The van der Waals surface area contributed by atoms with E-state index in [-0.39, 0.29) is 0 Å². The van der Waals surface area contributed by atoms with Crippen LogP contribution in [0.4, 0.5) is 0 Å². The molecule has 67 heavy (non-hydrogen) atoms. The van der Waals surface area contributed by atoms with E-state index < -0.39 is 0 Å². The summed E-state index contributed by atoms with van der Waals surface area (Å²) in [7, 11) is 0. The second kappa shape index (κ2) is 13.7. The van der Waals surface area contributed by atoms with Crippen LogP contribution in [0.5, 0.6) is 0 Å². The van der Waals surface area contributed by atoms with E-state index in [0.717, 1.165) is 98.5 Å². The van der Waals surface area contributed by atoms with Gasteiger partial charge in [0.25, 0.3) is 0 Å². The maximum atomic E-state index is 7.01. The lowest BCUT2D eigenvalue weighted by atomic mass is 10.0. The molecule has 0 aliphatic rings. The number of hydrogen-bond acceptors (Lipinski definition) is 4. The van der Waals surface area contributed by atoms with Gasteiger partial charge in [0.2, 0.25) is 5.95 Å². The smallest absolute Gasteiger partial charge is 0.238 e. The third kappa shape index (κ3) is 5.18. The Hall–Kier alpha value is -9.13. The summed E-state index contributed by atoms with van der Waals surface area (Å²) in [6, 6.07) is 75.6. The van der Waals surface area contributed by atoms with Crippen molar-refractivity contribution in [3.05, 3.63) is 212 Å². The molecule has 0 spiro atoms. The number of benzene rings is 11. The molecule has 0 atom stereocenters. The van der Waals surface area contributed by atoms with E-state index >= 15 is 0 Å². The Bertz CT molecular complexity index is 4530. The van der Waals surface area contributed by atoms with Crippen molar-refractivity contribution < 1.29 is 4.42 Å². The third-order valence-corrected chi connectivity index (χ3v) is 13.9. The average molecular weight is 854 g/mol. The zero-order valence-corrected chi connectivity index (χ0v) is 35.9. The van der Waals surface area contributed by atoms with Crippen molar-refractivity contribution in [2.45, 2.75) is 0 Å². The van der Waals surface area contributed by atoms with Crippen molar-refractivity contribution in [3.63, 3.8) is 0 Å². The highest BCUT2D eigenvalue weighted by Crippen LogP contribution is 2.46. The average Bonchev–Trinajstić information content (AvgIpc) is 4.05. The minimum atomic E-state index is 0.540. The summed E-state index contributed by atoms with van der Waals surface area (Å²) in [4.78, 5) is 16.6. The minimum Gasteiger partial charge on any atom is -0.455 e. The summed E-state index contributed by atoms with van der Waals surface area (Å²) in [5.74, 6) is 1.68. The number of para-hydroxylation sites is 2. The van der Waals surface area contributed by atoms with E-state index in [9.17, 15) is 0 Å². The van der Waals surface area contributed by atoms with Crippen LogP contribution >= 0.6 is 0 Å². The molecule has 0 amide bonds. The van der Waals surface area contributed by atoms with Gasteiger partial charge in [-0.15, -0.1) is 0 Å². The molecule has 4 aromatic heterocycles. The largest absolute Gasteiger partial charge is 0.455 e. The van der Waals surface area contributed by atoms with Crippen LogP contribution in [-0.4, -0.2) is 24.1 Å². The molecule has 6 nitrogen and oxygen atoms in total. The molecule has 15 aromatic rings. The quantitative estimate of drug-likeness (QED) is 0.177. The Morgan fingerprint density at radius 1 is 0.313 bits per heavy atom. The first kappa shape index (κ1) is 36.2. The highest BCUT2D eigenvalue weighted by atomic mass is 16.3. The molecule has 0 aliphatic heterocycles. The number of furan rings is 1. The van der Waals surface area contributed by atoms with Gasteiger partial charge in [0, 0.05) is 43.4 Å². The number of nitrogens with zero attached hydrogens (tertiary/aromatic N) is 5. The number of hydrogen-bond donors (Lipinski definition) is 0. The fraction of sp³-hybridized carbons (Fsp3) is 0. The summed E-state index contributed by atoms with van der Waals surface area (Å²) < 4.78 is 11.7. The second-order valence-corrected chi connectivity index (χ2v) is 17.5. The van der Waals surface area contributed by atoms with Crippen molar-refractivity contribution in [3.8, 4) is 34.4 Å². The highest BCUT2D eigenvalue weighted by molar-refractivity contribution is 6.26. The molecular formula is C61H35N5O. The zero-order valence-electron chi connectivity index (χ0n) is 35.9. The van der Waals surface area contributed by atoms with Gasteiger partial charge in [-0.2, -0.15) is 9.97 Å². The molecule has 0 saturated heterocycles. The Morgan fingerprint density at radius 3 is 1.63 bits per heavy atom. The van der Waals surface area contributed by atoms with Gasteiger partial charge < -0.3 is 8.98 Å². The summed E-state index contributed by atoms with van der Waals surface area (Å²) in [5, 5.41) is 15.8. The van der Waals surface area contributed by atoms with Crippen LogP contribution in [0, 0.1) is 0 Å². The van der Waals surface area contributed by atoms with Gasteiger partial charge >= 0.3 is 0 Å². The van der Waals surface area contributed by atoms with E-state index in [2.05, 4.69) is 221 Å². The van der Waals surface area contributed by atoms with Gasteiger partial charge in [0.05, 0.1) is 33.1 Å². The van der Waals surface area contributed by atoms with Gasteiger partial charge in [-0.05, 0) is 86.2 Å². The van der Waals surface area contributed by atoms with E-state index in [1.54, 1.807) is 0 Å². The van der Waals surface area contributed by atoms with E-state index in [0.29, 0.717) is 17.6 Å². The van der Waals surface area contributed by atoms with Gasteiger partial charge in [-0.1, -0.05) is 164 Å². The van der Waals surface area contributed by atoms with Crippen LogP contribution in [0.3, 0.4) is 0 Å². The van der Waals surface area contributed by atoms with Crippen molar-refractivity contribution in [2.24, 2.45) is 0 Å². The fourth-order valence-electron chi connectivity index (χ4n) is 11.0. The maximum Gasteiger partial charge on any atom is 0.238 e. The second-order valence-electron chi connectivity index (χ2n) is 17.5. The molecule has 6 heteroatoms. The predicted octanol–water partition coefficient (Wildman–Crippen LogP) is 15.9. The monoisotopic (exact) mass is 853 g/mol. The Labute approximate surface area is 382 Å². The molecule has 11 aromatic carbocycles. The van der Waals surface area contributed by atoms with E-state index in [1.165, 1.54) is 26.9 Å². The Balaban J connectivity index is 1.14. The molecule has 0 fully saturated rings. The molecule has 0 unspecified atom stereocenters. The number of aromatic nitrogens is 5. The van der Waals surface area contributed by atoms with Gasteiger partial charge in [-0.25, -0.2) is 4.98 Å². The van der Waals surface area contributed by atoms with E-state index in [1.807, 2.05) is 0 Å². The minimum absolute atomic E-state index is 0.540. The lowest BCUT2D eigenvalue weighted by molar-refractivity contribution is 0.672. The third-order valence-electron chi connectivity index (χ3n) is 13.9. The number of rotatable bonds is 4. The van der Waals surface area contributed by atoms with Crippen LogP contribution in [0.2, 0.25) is 0 Å². The molecule has 310 valence electrons. The summed E-state index contributed by atoms with van der Waals surface area (Å²) in [5.41, 5.74) is 8.58. The molecular weight excluding hydrogens is 819 g/mol. The van der Waals surface area contributed by atoms with Gasteiger partial charge in [-0.3, -0.25) is 4.57 Å². The van der Waals surface area contributed by atoms with E-state index in [4.69, 9.17) is 19.4 Å². The van der Waals surface area contributed by atoms with Crippen LogP contribution in [-0.2, 0) is 0 Å². The van der Waals surface area contributed by atoms with Crippen molar-refractivity contribution in [1.29, 1.82) is 0 Å². The summed E-state index contributed by atoms with van der Waals surface area (Å²) in [6.45, 7) is 0. The van der Waals surface area contributed by atoms with Crippen molar-refractivity contribution in [1.82, 2.24) is 24.1 Å². The maximum absolute atomic E-state index is 7.01. The molecule has 0 saturated carbocycles. The van der Waals surface area contributed by atoms with Gasteiger partial charge in [0.15, 0.2) is 11.6 Å². The summed E-state index contributed by atoms with van der Waals surface area (Å²) in [6.07, 6.45) is 0. The number of fused-ring (bicyclic) bond motifs is 15. The summed E-state index contributed by atoms with van der Waals surface area (Å²) >= 11 is 0. The van der Waals surface area contributed by atoms with Crippen LogP contribution in [0.15, 0.2) is 217 Å². The Morgan fingerprint density at radius 2 is 0.881 bits per heavy atom. The first-order valence-corrected chi connectivity index (χ1v) is 22.7. The fourth-order valence-corrected chi connectivity index (χ4v) is 11.0. The molecule has 15 rings (SSSR count). The lowest BCUT2D eigenvalue weighted by Gasteiger charge is -2.17. The lowest BCUT2D eigenvalue weighted by Crippen LogP contribution is -2.08. The first-order chi connectivity index (χ1) is 33.2. The highest BCUT2D eigenvalue weighted by Gasteiger charge is 2.27. The standard InChI is InChI=1S/C61H35N5O/c1-2-18-40-35-53-49(34-39(40)17-1)55-42-21-7-4-15-37(42)29-32-52(55)65(53)57-48(31-33-54-56(57)47-30-28-38-16-5-8-22-43(38)58(47)67-54)60-62-59(46-25-13-19-36-14-3-6-20-41(36)46)63-61(64-60)66-50-26-11-9-23-44(50)45-24-10-12-27-51(45)66/h1-35H. The van der Waals surface area contributed by atoms with Crippen LogP contribution < -0.4 is 0 Å². The van der Waals surface area contributed by atoms with Crippen molar-refractivity contribution in [2.75, 3.05) is 0 Å². The zero-order chi connectivity index (χ0) is 43.7. The predicted molar refractivity (Wildman–Crippen MR) is 277 cm³/mol.